The van der Waals surface area contributed by atoms with Crippen molar-refractivity contribution in [2.45, 2.75) is 4.83 Å². The van der Waals surface area contributed by atoms with Crippen LogP contribution < -0.4 is 4.74 Å². The lowest BCUT2D eigenvalue weighted by Crippen LogP contribution is -2.04. The monoisotopic (exact) mass is 466 g/mol. The largest absolute Gasteiger partial charge is 0.490 e. The average molecular weight is 469 g/mol. The van der Waals surface area contributed by atoms with Crippen LogP contribution in [0.4, 0.5) is 0 Å². The fourth-order valence-electron chi connectivity index (χ4n) is 1.66. The van der Waals surface area contributed by atoms with E-state index in [9.17, 15) is 0 Å². The molecule has 2 rings (SSSR count). The molecule has 3 nitrogen and oxygen atoms in total. The molecule has 20 heavy (non-hydrogen) atoms. The summed E-state index contributed by atoms with van der Waals surface area (Å²) in [6, 6.07) is 9.75. The molecule has 6 heteroatoms. The van der Waals surface area contributed by atoms with Gasteiger partial charge in [-0.2, -0.15) is 0 Å². The SMILES string of the molecule is COCCOc1ccc(C(Br)c2ccc(Br)o2)cc1Br. The minimum atomic E-state index is -0.00174. The smallest absolute Gasteiger partial charge is 0.169 e. The molecule has 2 aromatic rings. The van der Waals surface area contributed by atoms with Gasteiger partial charge in [-0.05, 0) is 61.7 Å². The molecule has 1 aromatic heterocycles. The lowest BCUT2D eigenvalue weighted by atomic mass is 10.1. The normalized spacial score (nSPS) is 12.4. The summed E-state index contributed by atoms with van der Waals surface area (Å²) in [5.41, 5.74) is 1.08. The summed E-state index contributed by atoms with van der Waals surface area (Å²) in [5.74, 6) is 1.64. The van der Waals surface area contributed by atoms with E-state index < -0.39 is 0 Å². The number of methoxy groups -OCH3 is 1. The summed E-state index contributed by atoms with van der Waals surface area (Å²) >= 11 is 10.5. The second kappa shape index (κ2) is 7.64. The van der Waals surface area contributed by atoms with E-state index in [1.54, 1.807) is 7.11 Å². The molecule has 0 N–H and O–H groups in total. The van der Waals surface area contributed by atoms with Gasteiger partial charge in [0.1, 0.15) is 18.1 Å². The highest BCUT2D eigenvalue weighted by Crippen LogP contribution is 2.36. The molecule has 0 amide bonds. The van der Waals surface area contributed by atoms with Crippen LogP contribution in [-0.4, -0.2) is 20.3 Å². The summed E-state index contributed by atoms with van der Waals surface area (Å²) in [6.45, 7) is 1.09. The maximum absolute atomic E-state index is 5.60. The van der Waals surface area contributed by atoms with Crippen molar-refractivity contribution in [2.75, 3.05) is 20.3 Å². The van der Waals surface area contributed by atoms with Gasteiger partial charge in [0.05, 0.1) is 15.9 Å². The van der Waals surface area contributed by atoms with Gasteiger partial charge in [0.15, 0.2) is 4.67 Å². The van der Waals surface area contributed by atoms with E-state index in [1.165, 1.54) is 0 Å². The summed E-state index contributed by atoms with van der Waals surface area (Å²) in [5, 5.41) is 0. The number of alkyl halides is 1. The Kier molecular flexibility index (Phi) is 6.14. The summed E-state index contributed by atoms with van der Waals surface area (Å²) in [6.07, 6.45) is 0. The highest BCUT2D eigenvalue weighted by Gasteiger charge is 2.15. The van der Waals surface area contributed by atoms with Gasteiger partial charge in [0.25, 0.3) is 0 Å². The molecule has 0 aliphatic heterocycles. The fourth-order valence-corrected chi connectivity index (χ4v) is 3.02. The van der Waals surface area contributed by atoms with Crippen LogP contribution in [-0.2, 0) is 4.74 Å². The maximum atomic E-state index is 5.60. The van der Waals surface area contributed by atoms with Crippen LogP contribution in [0.5, 0.6) is 5.75 Å². The molecule has 1 unspecified atom stereocenters. The van der Waals surface area contributed by atoms with Crippen molar-refractivity contribution in [3.63, 3.8) is 0 Å². The van der Waals surface area contributed by atoms with Crippen LogP contribution in [0.2, 0.25) is 0 Å². The van der Waals surface area contributed by atoms with Gasteiger partial charge in [-0.25, -0.2) is 0 Å². The van der Waals surface area contributed by atoms with Crippen LogP contribution in [0.1, 0.15) is 16.2 Å². The molecule has 1 aromatic carbocycles. The predicted molar refractivity (Wildman–Crippen MR) is 88.7 cm³/mol. The predicted octanol–water partition coefficient (Wildman–Crippen LogP) is 5.31. The Morgan fingerprint density at radius 2 is 1.95 bits per heavy atom. The molecule has 1 heterocycles. The van der Waals surface area contributed by atoms with Crippen molar-refractivity contribution < 1.29 is 13.9 Å². The molecule has 0 spiro atoms. The number of rotatable bonds is 6. The molecule has 108 valence electrons. The summed E-state index contributed by atoms with van der Waals surface area (Å²) in [7, 11) is 1.65. The van der Waals surface area contributed by atoms with Gasteiger partial charge in [0.2, 0.25) is 0 Å². The molecule has 0 saturated heterocycles. The number of hydrogen-bond donors (Lipinski definition) is 0. The molecule has 0 saturated carbocycles. The van der Waals surface area contributed by atoms with Crippen molar-refractivity contribution >= 4 is 47.8 Å². The van der Waals surface area contributed by atoms with Crippen LogP contribution in [0.15, 0.2) is 43.9 Å². The molecule has 0 aliphatic carbocycles. The Morgan fingerprint density at radius 1 is 1.15 bits per heavy atom. The minimum Gasteiger partial charge on any atom is -0.490 e. The third-order valence-corrected chi connectivity index (χ3v) is 4.66. The van der Waals surface area contributed by atoms with E-state index in [0.717, 1.165) is 26.2 Å². The van der Waals surface area contributed by atoms with Crippen molar-refractivity contribution in [1.29, 1.82) is 0 Å². The molecule has 0 radical (unpaired) electrons. The van der Waals surface area contributed by atoms with Crippen LogP contribution in [0.3, 0.4) is 0 Å². The van der Waals surface area contributed by atoms with Crippen LogP contribution >= 0.6 is 47.8 Å². The van der Waals surface area contributed by atoms with Gasteiger partial charge in [-0.15, -0.1) is 0 Å². The van der Waals surface area contributed by atoms with Gasteiger partial charge in [0, 0.05) is 7.11 Å². The summed E-state index contributed by atoms with van der Waals surface area (Å²) < 4.78 is 17.7. The zero-order valence-electron chi connectivity index (χ0n) is 10.7. The second-order valence-corrected chi connectivity index (χ2v) is 6.59. The zero-order chi connectivity index (χ0) is 14.5. The molecule has 0 bridgehead atoms. The Morgan fingerprint density at radius 3 is 2.55 bits per heavy atom. The van der Waals surface area contributed by atoms with Gasteiger partial charge < -0.3 is 13.9 Å². The van der Waals surface area contributed by atoms with Crippen molar-refractivity contribution in [2.24, 2.45) is 0 Å². The fraction of sp³-hybridized carbons (Fsp3) is 0.286. The molecule has 0 fully saturated rings. The van der Waals surface area contributed by atoms with Gasteiger partial charge >= 0.3 is 0 Å². The number of benzene rings is 1. The van der Waals surface area contributed by atoms with Gasteiger partial charge in [-0.3, -0.25) is 0 Å². The molecule has 1 atom stereocenters. The molecule has 0 aliphatic rings. The average Bonchev–Trinajstić information content (AvgIpc) is 2.86. The molecular formula is C14H13Br3O3. The number of hydrogen-bond acceptors (Lipinski definition) is 3. The lowest BCUT2D eigenvalue weighted by molar-refractivity contribution is 0.146. The Bertz CT molecular complexity index is 569. The third-order valence-electron chi connectivity index (χ3n) is 2.64. The van der Waals surface area contributed by atoms with Crippen molar-refractivity contribution in [3.05, 3.63) is 50.8 Å². The van der Waals surface area contributed by atoms with E-state index >= 15 is 0 Å². The Labute approximate surface area is 143 Å². The topological polar surface area (TPSA) is 31.6 Å². The number of halogens is 3. The van der Waals surface area contributed by atoms with E-state index in [-0.39, 0.29) is 4.83 Å². The van der Waals surface area contributed by atoms with Crippen molar-refractivity contribution in [3.8, 4) is 5.75 Å². The van der Waals surface area contributed by atoms with Crippen LogP contribution in [0.25, 0.3) is 0 Å². The zero-order valence-corrected chi connectivity index (χ0v) is 15.5. The summed E-state index contributed by atoms with van der Waals surface area (Å²) in [4.78, 5) is -0.00174. The highest BCUT2D eigenvalue weighted by molar-refractivity contribution is 9.10. The first-order chi connectivity index (χ1) is 9.61. The first-order valence-corrected chi connectivity index (χ1v) is 8.42. The Hall–Kier alpha value is -0.300. The first-order valence-electron chi connectivity index (χ1n) is 5.92. The minimum absolute atomic E-state index is 0.00174. The number of ether oxygens (including phenoxy) is 2. The van der Waals surface area contributed by atoms with E-state index in [2.05, 4.69) is 47.8 Å². The molecular weight excluding hydrogens is 456 g/mol. The van der Waals surface area contributed by atoms with E-state index in [4.69, 9.17) is 13.9 Å². The second-order valence-electron chi connectivity index (χ2n) is 4.04. The first kappa shape index (κ1) is 16.1. The maximum Gasteiger partial charge on any atom is 0.169 e. The Balaban J connectivity index is 2.12. The van der Waals surface area contributed by atoms with Gasteiger partial charge in [-0.1, -0.05) is 22.0 Å². The standard InChI is InChI=1S/C14H13Br3O3/c1-18-6-7-19-11-3-2-9(8-10(11)15)14(17)12-4-5-13(16)20-12/h2-5,8,14H,6-7H2,1H3. The van der Waals surface area contributed by atoms with E-state index in [1.807, 2.05) is 30.3 Å². The van der Waals surface area contributed by atoms with Crippen molar-refractivity contribution in [1.82, 2.24) is 0 Å². The third kappa shape index (κ3) is 4.10. The highest BCUT2D eigenvalue weighted by atomic mass is 79.9. The number of furan rings is 1. The van der Waals surface area contributed by atoms with Crippen LogP contribution in [0, 0.1) is 0 Å². The lowest BCUT2D eigenvalue weighted by Gasteiger charge is -2.12. The van der Waals surface area contributed by atoms with E-state index in [0.29, 0.717) is 13.2 Å². The quantitative estimate of drug-likeness (QED) is 0.425.